The highest BCUT2D eigenvalue weighted by Crippen LogP contribution is 2.08. The lowest BCUT2D eigenvalue weighted by Gasteiger charge is -2.23. The van der Waals surface area contributed by atoms with Gasteiger partial charge in [-0.3, -0.25) is 9.59 Å². The number of amides is 3. The molecule has 0 spiro atoms. The monoisotopic (exact) mass is 513 g/mol. The standard InChI is InChI=1S/C27H35N3O7/c1-27(2,3)37-26(34)30-22(15-10-16-28-25(33)36-19-21-13-8-5-9-14-21)24(32)29-17-23(31)35-18-20-11-6-4-7-12-20/h4-9,11-14,22H,10,15-19H2,1-3H3,(H,28,33)(H,29,32)(H,30,34)/t22-/m0/s1. The second kappa shape index (κ2) is 15.1. The Morgan fingerprint density at radius 1 is 0.784 bits per heavy atom. The molecule has 0 heterocycles. The van der Waals surface area contributed by atoms with Crippen molar-refractivity contribution in [2.75, 3.05) is 13.1 Å². The topological polar surface area (TPSA) is 132 Å². The minimum atomic E-state index is -0.987. The molecule has 0 unspecified atom stereocenters. The predicted octanol–water partition coefficient (Wildman–Crippen LogP) is 3.45. The second-order valence-corrected chi connectivity index (χ2v) is 9.19. The van der Waals surface area contributed by atoms with Crippen LogP contribution in [0.25, 0.3) is 0 Å². The van der Waals surface area contributed by atoms with Crippen LogP contribution in [-0.4, -0.2) is 48.8 Å². The van der Waals surface area contributed by atoms with Gasteiger partial charge in [-0.05, 0) is 44.7 Å². The summed E-state index contributed by atoms with van der Waals surface area (Å²) >= 11 is 0. The zero-order valence-electron chi connectivity index (χ0n) is 21.5. The van der Waals surface area contributed by atoms with Gasteiger partial charge in [-0.1, -0.05) is 60.7 Å². The molecule has 0 fully saturated rings. The second-order valence-electron chi connectivity index (χ2n) is 9.19. The first-order valence-electron chi connectivity index (χ1n) is 12.0. The van der Waals surface area contributed by atoms with Crippen molar-refractivity contribution in [3.05, 3.63) is 71.8 Å². The van der Waals surface area contributed by atoms with Crippen LogP contribution in [0.1, 0.15) is 44.7 Å². The summed E-state index contributed by atoms with van der Waals surface area (Å²) in [6.07, 6.45) is -0.823. The molecule has 1 atom stereocenters. The van der Waals surface area contributed by atoms with Crippen molar-refractivity contribution >= 4 is 24.1 Å². The van der Waals surface area contributed by atoms with Crippen molar-refractivity contribution in [3.8, 4) is 0 Å². The lowest BCUT2D eigenvalue weighted by atomic mass is 10.1. The molecule has 3 N–H and O–H groups in total. The quantitative estimate of drug-likeness (QED) is 0.225. The fourth-order valence-corrected chi connectivity index (χ4v) is 3.06. The minimum absolute atomic E-state index is 0.0845. The third-order valence-corrected chi connectivity index (χ3v) is 4.81. The van der Waals surface area contributed by atoms with Crippen LogP contribution < -0.4 is 16.0 Å². The van der Waals surface area contributed by atoms with Gasteiger partial charge < -0.3 is 30.2 Å². The smallest absolute Gasteiger partial charge is 0.408 e. The number of benzene rings is 2. The number of rotatable bonds is 12. The average Bonchev–Trinajstić information content (AvgIpc) is 2.86. The van der Waals surface area contributed by atoms with E-state index < -0.39 is 35.7 Å². The number of carbonyl (C=O) groups excluding carboxylic acids is 4. The summed E-state index contributed by atoms with van der Waals surface area (Å²) in [5.74, 6) is -1.19. The maximum absolute atomic E-state index is 12.7. The molecular formula is C27H35N3O7. The van der Waals surface area contributed by atoms with E-state index in [1.54, 1.807) is 20.8 Å². The highest BCUT2D eigenvalue weighted by molar-refractivity contribution is 5.88. The first-order chi connectivity index (χ1) is 17.6. The van der Waals surface area contributed by atoms with Crippen LogP contribution in [0.15, 0.2) is 60.7 Å². The third kappa shape index (κ3) is 13.0. The fraction of sp³-hybridized carbons (Fsp3) is 0.407. The van der Waals surface area contributed by atoms with Gasteiger partial charge in [-0.15, -0.1) is 0 Å². The van der Waals surface area contributed by atoms with Crippen molar-refractivity contribution < 1.29 is 33.4 Å². The third-order valence-electron chi connectivity index (χ3n) is 4.81. The molecule has 10 nitrogen and oxygen atoms in total. The van der Waals surface area contributed by atoms with Crippen LogP contribution in [0.2, 0.25) is 0 Å². The summed E-state index contributed by atoms with van der Waals surface area (Å²) in [7, 11) is 0. The van der Waals surface area contributed by atoms with Gasteiger partial charge in [0, 0.05) is 6.54 Å². The van der Waals surface area contributed by atoms with Crippen LogP contribution in [-0.2, 0) is 37.0 Å². The van der Waals surface area contributed by atoms with Crippen molar-refractivity contribution in [1.29, 1.82) is 0 Å². The molecule has 0 saturated carbocycles. The van der Waals surface area contributed by atoms with Crippen LogP contribution in [0, 0.1) is 0 Å². The van der Waals surface area contributed by atoms with Crippen LogP contribution in [0.3, 0.4) is 0 Å². The van der Waals surface area contributed by atoms with Gasteiger partial charge in [0.1, 0.15) is 31.4 Å². The van der Waals surface area contributed by atoms with Gasteiger partial charge in [-0.25, -0.2) is 9.59 Å². The first kappa shape index (κ1) is 29.2. The van der Waals surface area contributed by atoms with E-state index in [-0.39, 0.29) is 32.7 Å². The normalized spacial score (nSPS) is 11.5. The Hall–Kier alpha value is -4.08. The Morgan fingerprint density at radius 2 is 1.35 bits per heavy atom. The SMILES string of the molecule is CC(C)(C)OC(=O)N[C@@H](CCCNC(=O)OCc1ccccc1)C(=O)NCC(=O)OCc1ccccc1. The largest absolute Gasteiger partial charge is 0.460 e. The lowest BCUT2D eigenvalue weighted by Crippen LogP contribution is -2.49. The first-order valence-corrected chi connectivity index (χ1v) is 12.0. The summed E-state index contributed by atoms with van der Waals surface area (Å²) in [5.41, 5.74) is 0.927. The summed E-state index contributed by atoms with van der Waals surface area (Å²) in [4.78, 5) is 48.9. The van der Waals surface area contributed by atoms with Crippen LogP contribution in [0.4, 0.5) is 9.59 Å². The summed E-state index contributed by atoms with van der Waals surface area (Å²) in [6, 6.07) is 17.4. The summed E-state index contributed by atoms with van der Waals surface area (Å²) < 4.78 is 15.5. The van der Waals surface area contributed by atoms with E-state index in [1.165, 1.54) is 0 Å². The molecular weight excluding hydrogens is 478 g/mol. The lowest BCUT2D eigenvalue weighted by molar-refractivity contribution is -0.145. The molecule has 2 aromatic rings. The minimum Gasteiger partial charge on any atom is -0.460 e. The molecule has 3 amide bonds. The Bertz CT molecular complexity index is 1010. The predicted molar refractivity (Wildman–Crippen MR) is 136 cm³/mol. The molecule has 0 aromatic heterocycles. The van der Waals surface area contributed by atoms with E-state index in [0.29, 0.717) is 6.42 Å². The van der Waals surface area contributed by atoms with Crippen molar-refractivity contribution in [2.45, 2.75) is 58.5 Å². The van der Waals surface area contributed by atoms with E-state index in [0.717, 1.165) is 11.1 Å². The number of hydrogen-bond donors (Lipinski definition) is 3. The zero-order chi connectivity index (χ0) is 27.1. The van der Waals surface area contributed by atoms with E-state index in [4.69, 9.17) is 14.2 Å². The molecule has 2 aromatic carbocycles. The van der Waals surface area contributed by atoms with Crippen molar-refractivity contribution in [1.82, 2.24) is 16.0 Å². The van der Waals surface area contributed by atoms with Crippen molar-refractivity contribution in [2.24, 2.45) is 0 Å². The molecule has 0 bridgehead atoms. The van der Waals surface area contributed by atoms with E-state index >= 15 is 0 Å². The molecule has 200 valence electrons. The van der Waals surface area contributed by atoms with Gasteiger partial charge in [-0.2, -0.15) is 0 Å². The highest BCUT2D eigenvalue weighted by Gasteiger charge is 2.24. The molecule has 0 aliphatic carbocycles. The molecule has 10 heteroatoms. The summed E-state index contributed by atoms with van der Waals surface area (Å²) in [5, 5.41) is 7.61. The van der Waals surface area contributed by atoms with Gasteiger partial charge in [0.2, 0.25) is 5.91 Å². The van der Waals surface area contributed by atoms with Crippen molar-refractivity contribution in [3.63, 3.8) is 0 Å². The number of ether oxygens (including phenoxy) is 3. The van der Waals surface area contributed by atoms with Gasteiger partial charge >= 0.3 is 18.2 Å². The van der Waals surface area contributed by atoms with E-state index in [9.17, 15) is 19.2 Å². The van der Waals surface area contributed by atoms with Crippen LogP contribution in [0.5, 0.6) is 0 Å². The van der Waals surface area contributed by atoms with Gasteiger partial charge in [0.15, 0.2) is 0 Å². The maximum atomic E-state index is 12.7. The van der Waals surface area contributed by atoms with E-state index in [2.05, 4.69) is 16.0 Å². The molecule has 0 saturated heterocycles. The maximum Gasteiger partial charge on any atom is 0.408 e. The Balaban J connectivity index is 1.79. The number of hydrogen-bond acceptors (Lipinski definition) is 7. The highest BCUT2D eigenvalue weighted by atomic mass is 16.6. The number of alkyl carbamates (subject to hydrolysis) is 2. The zero-order valence-corrected chi connectivity index (χ0v) is 21.5. The van der Waals surface area contributed by atoms with Gasteiger partial charge in [0.25, 0.3) is 0 Å². The molecule has 0 radical (unpaired) electrons. The molecule has 0 aliphatic rings. The number of nitrogens with one attached hydrogen (secondary N) is 3. The fourth-order valence-electron chi connectivity index (χ4n) is 3.06. The summed E-state index contributed by atoms with van der Waals surface area (Å²) in [6.45, 7) is 5.19. The number of carbonyl (C=O) groups is 4. The molecule has 2 rings (SSSR count). The van der Waals surface area contributed by atoms with E-state index in [1.807, 2.05) is 60.7 Å². The Morgan fingerprint density at radius 3 is 1.92 bits per heavy atom. The number of esters is 1. The Labute approximate surface area is 217 Å². The molecule has 37 heavy (non-hydrogen) atoms. The average molecular weight is 514 g/mol. The Kier molecular flexibility index (Phi) is 11.9. The molecule has 0 aliphatic heterocycles. The van der Waals surface area contributed by atoms with Gasteiger partial charge in [0.05, 0.1) is 0 Å². The van der Waals surface area contributed by atoms with Crippen LogP contribution >= 0.6 is 0 Å².